The molecule has 0 aromatic carbocycles. The molecule has 0 aliphatic heterocycles. The molecule has 0 heterocycles. The Labute approximate surface area is 104 Å². The molecule has 1 rings (SSSR count). The van der Waals surface area contributed by atoms with E-state index in [0.717, 1.165) is 0 Å². The fourth-order valence-corrected chi connectivity index (χ4v) is 2.37. The van der Waals surface area contributed by atoms with Gasteiger partial charge in [-0.25, -0.2) is 0 Å². The maximum Gasteiger partial charge on any atom is 0.280 e. The van der Waals surface area contributed by atoms with E-state index in [-0.39, 0.29) is 0 Å². The van der Waals surface area contributed by atoms with Crippen LogP contribution in [0.1, 0.15) is 6.92 Å². The molecule has 0 amide bonds. The summed E-state index contributed by atoms with van der Waals surface area (Å²) in [5.41, 5.74) is -2.74. The summed E-state index contributed by atoms with van der Waals surface area (Å²) in [6.45, 7) is 0.677. The second kappa shape index (κ2) is 4.64. The van der Waals surface area contributed by atoms with Crippen molar-refractivity contribution in [2.45, 2.75) is 42.9 Å². The van der Waals surface area contributed by atoms with E-state index in [9.17, 15) is 45.7 Å². The van der Waals surface area contributed by atoms with Crippen molar-refractivity contribution < 1.29 is 30.1 Å². The SMILES string of the molecule is CC1(O)C([N+](=O)[O-])C(O)C([N+](=O)[O-])C(O)C1[N+](=O)[O-]. The van der Waals surface area contributed by atoms with E-state index in [1.165, 1.54) is 0 Å². The lowest BCUT2D eigenvalue weighted by molar-refractivity contribution is -0.654. The van der Waals surface area contributed by atoms with Crippen LogP contribution in [0.15, 0.2) is 0 Å². The lowest BCUT2D eigenvalue weighted by atomic mass is 9.72. The summed E-state index contributed by atoms with van der Waals surface area (Å²) in [5, 5.41) is 61.2. The lowest BCUT2D eigenvalue weighted by Crippen LogP contribution is -2.74. The van der Waals surface area contributed by atoms with Gasteiger partial charge in [0.05, 0.1) is 0 Å². The molecule has 0 radical (unpaired) electrons. The van der Waals surface area contributed by atoms with E-state index in [1.54, 1.807) is 0 Å². The number of aliphatic hydroxyl groups excluding tert-OH is 2. The fraction of sp³-hybridized carbons (Fsp3) is 1.00. The molecule has 0 aromatic heterocycles. The average molecular weight is 281 g/mol. The molecule has 4 atom stereocenters. The molecule has 19 heavy (non-hydrogen) atoms. The van der Waals surface area contributed by atoms with Gasteiger partial charge in [0.15, 0.2) is 12.2 Å². The lowest BCUT2D eigenvalue weighted by Gasteiger charge is -2.39. The topological polar surface area (TPSA) is 190 Å². The zero-order valence-electron chi connectivity index (χ0n) is 9.52. The number of nitrogens with zero attached hydrogens (tertiary/aromatic N) is 3. The normalized spacial score (nSPS) is 42.6. The third-order valence-electron chi connectivity index (χ3n) is 3.24. The number of hydrogen-bond donors (Lipinski definition) is 3. The van der Waals surface area contributed by atoms with E-state index in [2.05, 4.69) is 0 Å². The first-order valence-corrected chi connectivity index (χ1v) is 5.02. The van der Waals surface area contributed by atoms with Crippen molar-refractivity contribution in [3.63, 3.8) is 0 Å². The Morgan fingerprint density at radius 3 is 1.42 bits per heavy atom. The Bertz CT molecular complexity index is 394. The van der Waals surface area contributed by atoms with E-state index in [1.807, 2.05) is 0 Å². The fourth-order valence-electron chi connectivity index (χ4n) is 2.37. The van der Waals surface area contributed by atoms with Gasteiger partial charge >= 0.3 is 0 Å². The highest BCUT2D eigenvalue weighted by molar-refractivity contribution is 5.06. The van der Waals surface area contributed by atoms with Crippen LogP contribution in [0.25, 0.3) is 0 Å². The monoisotopic (exact) mass is 281 g/mol. The maximum absolute atomic E-state index is 10.8. The van der Waals surface area contributed by atoms with Crippen LogP contribution in [0.5, 0.6) is 0 Å². The van der Waals surface area contributed by atoms with Gasteiger partial charge in [0.1, 0.15) is 0 Å². The van der Waals surface area contributed by atoms with E-state index in [0.29, 0.717) is 6.92 Å². The van der Waals surface area contributed by atoms with Crippen LogP contribution in [0.2, 0.25) is 0 Å². The van der Waals surface area contributed by atoms with Crippen molar-refractivity contribution in [2.75, 3.05) is 0 Å². The van der Waals surface area contributed by atoms with E-state index in [4.69, 9.17) is 0 Å². The van der Waals surface area contributed by atoms with Crippen molar-refractivity contribution in [2.24, 2.45) is 0 Å². The van der Waals surface area contributed by atoms with Crippen molar-refractivity contribution in [1.29, 1.82) is 0 Å². The summed E-state index contributed by atoms with van der Waals surface area (Å²) in [6.07, 6.45) is -4.71. The van der Waals surface area contributed by atoms with Gasteiger partial charge in [-0.3, -0.25) is 30.3 Å². The Balaban J connectivity index is 3.38. The Hall–Kier alpha value is -1.92. The van der Waals surface area contributed by atoms with Crippen LogP contribution in [0.4, 0.5) is 0 Å². The minimum Gasteiger partial charge on any atom is -0.380 e. The van der Waals surface area contributed by atoms with E-state index >= 15 is 0 Å². The highest BCUT2D eigenvalue weighted by Gasteiger charge is 2.71. The molecule has 3 N–H and O–H groups in total. The molecule has 0 saturated heterocycles. The quantitative estimate of drug-likeness (QED) is 0.367. The molecule has 1 saturated carbocycles. The Morgan fingerprint density at radius 1 is 0.895 bits per heavy atom. The largest absolute Gasteiger partial charge is 0.380 e. The van der Waals surface area contributed by atoms with Gasteiger partial charge in [0.2, 0.25) is 5.60 Å². The summed E-state index contributed by atoms with van der Waals surface area (Å²) < 4.78 is 0. The summed E-state index contributed by atoms with van der Waals surface area (Å²) in [5.74, 6) is 0. The first-order valence-electron chi connectivity index (χ1n) is 5.02. The smallest absolute Gasteiger partial charge is 0.280 e. The third-order valence-corrected chi connectivity index (χ3v) is 3.24. The first kappa shape index (κ1) is 15.1. The summed E-state index contributed by atoms with van der Waals surface area (Å²) in [6, 6.07) is -7.05. The highest BCUT2D eigenvalue weighted by Crippen LogP contribution is 2.34. The maximum atomic E-state index is 10.8. The minimum absolute atomic E-state index is 0.677. The molecule has 4 unspecified atom stereocenters. The Morgan fingerprint density at radius 2 is 1.21 bits per heavy atom. The summed E-state index contributed by atoms with van der Waals surface area (Å²) in [7, 11) is 0. The zero-order chi connectivity index (χ0) is 15.1. The molecule has 1 fully saturated rings. The highest BCUT2D eigenvalue weighted by atomic mass is 16.7. The predicted octanol–water partition coefficient (Wildman–Crippen LogP) is -2.59. The molecule has 1 aliphatic rings. The second-order valence-corrected chi connectivity index (χ2v) is 4.44. The molecule has 0 bridgehead atoms. The van der Waals surface area contributed by atoms with Gasteiger partial charge < -0.3 is 15.3 Å². The van der Waals surface area contributed by atoms with E-state index < -0.39 is 50.7 Å². The van der Waals surface area contributed by atoms with Gasteiger partial charge in [0, 0.05) is 14.8 Å². The second-order valence-electron chi connectivity index (χ2n) is 4.44. The van der Waals surface area contributed by atoms with Crippen molar-refractivity contribution in [3.05, 3.63) is 30.3 Å². The number of hydrogen-bond acceptors (Lipinski definition) is 9. The van der Waals surface area contributed by atoms with Gasteiger partial charge in [-0.2, -0.15) is 0 Å². The average Bonchev–Trinajstić information content (AvgIpc) is 2.11. The summed E-state index contributed by atoms with van der Waals surface area (Å²) in [4.78, 5) is 28.5. The molecule has 12 heteroatoms. The van der Waals surface area contributed by atoms with Gasteiger partial charge in [-0.1, -0.05) is 0 Å². The van der Waals surface area contributed by atoms with Crippen LogP contribution in [-0.2, 0) is 0 Å². The summed E-state index contributed by atoms with van der Waals surface area (Å²) >= 11 is 0. The van der Waals surface area contributed by atoms with Crippen molar-refractivity contribution >= 4 is 0 Å². The standard InChI is InChI=1S/C7H11N3O9/c1-7(13)5(9(16)17)3(11)2(8(14)15)4(12)6(7)10(18)19/h2-6,11-13H,1H3. The molecule has 108 valence electrons. The van der Waals surface area contributed by atoms with Crippen LogP contribution in [0.3, 0.4) is 0 Å². The molecule has 12 nitrogen and oxygen atoms in total. The van der Waals surface area contributed by atoms with Crippen molar-refractivity contribution in [3.8, 4) is 0 Å². The molecule has 0 spiro atoms. The zero-order valence-corrected chi connectivity index (χ0v) is 9.52. The van der Waals surface area contributed by atoms with Crippen LogP contribution >= 0.6 is 0 Å². The molecule has 1 aliphatic carbocycles. The molecular formula is C7H11N3O9. The number of rotatable bonds is 3. The predicted molar refractivity (Wildman–Crippen MR) is 55.0 cm³/mol. The first-order chi connectivity index (χ1) is 8.53. The third kappa shape index (κ3) is 2.20. The van der Waals surface area contributed by atoms with Crippen LogP contribution in [0, 0.1) is 30.3 Å². The van der Waals surface area contributed by atoms with Gasteiger partial charge in [0.25, 0.3) is 18.1 Å². The molecule has 0 aromatic rings. The van der Waals surface area contributed by atoms with Crippen LogP contribution < -0.4 is 0 Å². The minimum atomic E-state index is -2.74. The van der Waals surface area contributed by atoms with Crippen LogP contribution in [-0.4, -0.2) is 66.0 Å². The Kier molecular flexibility index (Phi) is 3.70. The van der Waals surface area contributed by atoms with Crippen molar-refractivity contribution in [1.82, 2.24) is 0 Å². The number of nitro groups is 3. The van der Waals surface area contributed by atoms with Gasteiger partial charge in [-0.05, 0) is 6.92 Å². The van der Waals surface area contributed by atoms with Gasteiger partial charge in [-0.15, -0.1) is 0 Å². The number of aliphatic hydroxyl groups is 3. The molecular weight excluding hydrogens is 270 g/mol.